The Balaban J connectivity index is 1.45. The molecule has 0 radical (unpaired) electrons. The number of β-amino-alcohol motifs (C(OH)–C–C–N with tert-alkyl or cyclic N) is 1. The Hall–Kier alpha value is -3.60. The van der Waals surface area contributed by atoms with E-state index in [9.17, 15) is 9.90 Å². The van der Waals surface area contributed by atoms with Gasteiger partial charge in [-0.1, -0.05) is 24.3 Å². The van der Waals surface area contributed by atoms with Crippen LogP contribution in [0, 0.1) is 6.92 Å². The molecular formula is C29H38N4O6. The molecule has 210 valence electrons. The third-order valence-electron chi connectivity index (χ3n) is 6.53. The fourth-order valence-electron chi connectivity index (χ4n) is 4.66. The van der Waals surface area contributed by atoms with Crippen LogP contribution in [0.2, 0.25) is 0 Å². The topological polar surface area (TPSA) is 98.5 Å². The summed E-state index contributed by atoms with van der Waals surface area (Å²) in [5.41, 5.74) is 0.830. The number of aliphatic hydroxyl groups is 1. The van der Waals surface area contributed by atoms with Crippen molar-refractivity contribution in [1.82, 2.24) is 19.6 Å². The first kappa shape index (κ1) is 28.4. The number of amides is 1. The molecule has 39 heavy (non-hydrogen) atoms. The maximum atomic E-state index is 12.7. The van der Waals surface area contributed by atoms with Gasteiger partial charge in [-0.2, -0.15) is 5.10 Å². The van der Waals surface area contributed by atoms with Crippen LogP contribution >= 0.6 is 0 Å². The van der Waals surface area contributed by atoms with Gasteiger partial charge >= 0.3 is 0 Å². The number of aromatic nitrogens is 2. The monoisotopic (exact) mass is 538 g/mol. The van der Waals surface area contributed by atoms with Crippen LogP contribution in [0.1, 0.15) is 11.1 Å². The quantitative estimate of drug-likeness (QED) is 0.375. The van der Waals surface area contributed by atoms with Gasteiger partial charge in [-0.25, -0.2) is 0 Å². The van der Waals surface area contributed by atoms with Gasteiger partial charge in [0.15, 0.2) is 11.5 Å². The predicted molar refractivity (Wildman–Crippen MR) is 146 cm³/mol. The molecule has 1 atom stereocenters. The van der Waals surface area contributed by atoms with Crippen LogP contribution in [0.4, 0.5) is 0 Å². The Morgan fingerprint density at radius 2 is 1.87 bits per heavy atom. The van der Waals surface area contributed by atoms with E-state index in [1.807, 2.05) is 72.5 Å². The van der Waals surface area contributed by atoms with Gasteiger partial charge in [0.1, 0.15) is 31.2 Å². The summed E-state index contributed by atoms with van der Waals surface area (Å²) in [5, 5.41) is 16.0. The van der Waals surface area contributed by atoms with E-state index >= 15 is 0 Å². The van der Waals surface area contributed by atoms with Crippen molar-refractivity contribution in [3.8, 4) is 17.2 Å². The number of hydrogen-bond acceptors (Lipinski definition) is 8. The second kappa shape index (κ2) is 13.5. The molecule has 4 rings (SSSR count). The van der Waals surface area contributed by atoms with Crippen molar-refractivity contribution in [1.29, 1.82) is 0 Å². The number of para-hydroxylation sites is 1. The molecule has 1 saturated heterocycles. The van der Waals surface area contributed by atoms with E-state index in [1.165, 1.54) is 7.11 Å². The number of rotatable bonds is 12. The summed E-state index contributed by atoms with van der Waals surface area (Å²) >= 11 is 0. The summed E-state index contributed by atoms with van der Waals surface area (Å²) < 4.78 is 24.4. The largest absolute Gasteiger partial charge is 0.493 e. The molecule has 2 aromatic carbocycles. The Kier molecular flexibility index (Phi) is 9.80. The lowest BCUT2D eigenvalue weighted by Crippen LogP contribution is -2.52. The molecule has 10 nitrogen and oxygen atoms in total. The maximum Gasteiger partial charge on any atom is 0.248 e. The van der Waals surface area contributed by atoms with Crippen LogP contribution in [0.25, 0.3) is 0 Å². The van der Waals surface area contributed by atoms with Crippen LogP contribution in [0.5, 0.6) is 17.2 Å². The summed E-state index contributed by atoms with van der Waals surface area (Å²) in [6, 6.07) is 15.2. The molecule has 10 heteroatoms. The lowest BCUT2D eigenvalue weighted by Gasteiger charge is -2.33. The Morgan fingerprint density at radius 1 is 1.05 bits per heavy atom. The first-order chi connectivity index (χ1) is 18.9. The highest BCUT2D eigenvalue weighted by molar-refractivity contribution is 5.77. The van der Waals surface area contributed by atoms with E-state index in [0.717, 1.165) is 11.1 Å². The summed E-state index contributed by atoms with van der Waals surface area (Å²) in [6.45, 7) is 5.17. The Labute approximate surface area is 229 Å². The van der Waals surface area contributed by atoms with Crippen molar-refractivity contribution >= 4 is 5.91 Å². The molecule has 0 aliphatic carbocycles. The van der Waals surface area contributed by atoms with E-state index in [1.54, 1.807) is 12.0 Å². The number of benzene rings is 2. The number of methoxy groups -OCH3 is 2. The van der Waals surface area contributed by atoms with Gasteiger partial charge in [0.2, 0.25) is 5.91 Å². The fraction of sp³-hybridized carbons (Fsp3) is 0.448. The van der Waals surface area contributed by atoms with Crippen molar-refractivity contribution in [2.45, 2.75) is 25.6 Å². The highest BCUT2D eigenvalue weighted by Crippen LogP contribution is 2.29. The fourth-order valence-corrected chi connectivity index (χ4v) is 4.66. The summed E-state index contributed by atoms with van der Waals surface area (Å²) in [4.78, 5) is 16.5. The molecule has 0 saturated carbocycles. The number of hydrogen-bond donors (Lipinski definition) is 1. The van der Waals surface area contributed by atoms with Crippen molar-refractivity contribution < 1.29 is 28.8 Å². The first-order valence-electron chi connectivity index (χ1n) is 13.1. The molecule has 0 bridgehead atoms. The summed E-state index contributed by atoms with van der Waals surface area (Å²) in [6.07, 6.45) is 3.79. The van der Waals surface area contributed by atoms with Gasteiger partial charge in [-0.15, -0.1) is 0 Å². The molecule has 1 aromatic heterocycles. The number of aryl methyl sites for hydroxylation is 1. The van der Waals surface area contributed by atoms with Crippen LogP contribution in [0.15, 0.2) is 60.9 Å². The smallest absolute Gasteiger partial charge is 0.248 e. The van der Waals surface area contributed by atoms with Gasteiger partial charge in [0, 0.05) is 39.5 Å². The van der Waals surface area contributed by atoms with Gasteiger partial charge in [-0.05, 0) is 42.3 Å². The second-order valence-corrected chi connectivity index (χ2v) is 9.90. The number of carbonyl (C=O) groups excluding carboxylic acids is 1. The molecule has 1 fully saturated rings. The molecule has 1 N–H and O–H groups in total. The zero-order valence-electron chi connectivity index (χ0n) is 22.9. The first-order valence-corrected chi connectivity index (χ1v) is 13.1. The molecule has 1 aliphatic rings. The number of carbonyl (C=O) groups is 1. The lowest BCUT2D eigenvalue weighted by molar-refractivity contribution is -0.138. The molecule has 0 spiro atoms. The van der Waals surface area contributed by atoms with Crippen LogP contribution in [-0.2, 0) is 22.6 Å². The minimum absolute atomic E-state index is 0.0348. The zero-order valence-corrected chi connectivity index (χ0v) is 22.9. The standard InChI is InChI=1S/C29H38N4O6/c1-23-16-30-33(17-23)13-14-38-27-15-24(9-10-26(27)37-3)18-31-11-12-32(28(34)19-36-2)21-29(35,20-31)22-39-25-7-5-4-6-8-25/h4-10,15-17,35H,11-14,18-22H2,1-3H3/t29-/m0/s1. The van der Waals surface area contributed by atoms with Crippen LogP contribution in [-0.4, -0.2) is 96.4 Å². The number of nitrogens with zero attached hydrogens (tertiary/aromatic N) is 4. The predicted octanol–water partition coefficient (Wildman–Crippen LogP) is 2.38. The molecule has 0 unspecified atom stereocenters. The van der Waals surface area contributed by atoms with Crippen LogP contribution in [0.3, 0.4) is 0 Å². The summed E-state index contributed by atoms with van der Waals surface area (Å²) in [5.74, 6) is 1.80. The van der Waals surface area contributed by atoms with E-state index in [0.29, 0.717) is 56.6 Å². The van der Waals surface area contributed by atoms with Gasteiger partial charge in [0.05, 0.1) is 26.4 Å². The average molecular weight is 539 g/mol. The lowest BCUT2D eigenvalue weighted by atomic mass is 10.0. The average Bonchev–Trinajstić information content (AvgIpc) is 3.27. The summed E-state index contributed by atoms with van der Waals surface area (Å²) in [7, 11) is 3.11. The van der Waals surface area contributed by atoms with Crippen molar-refractivity contribution in [3.05, 3.63) is 72.1 Å². The normalized spacial score (nSPS) is 18.0. The molecule has 2 heterocycles. The maximum absolute atomic E-state index is 12.7. The van der Waals surface area contributed by atoms with Gasteiger partial charge in [-0.3, -0.25) is 14.4 Å². The van der Waals surface area contributed by atoms with Crippen molar-refractivity contribution in [2.75, 3.05) is 60.2 Å². The van der Waals surface area contributed by atoms with E-state index in [4.69, 9.17) is 18.9 Å². The third kappa shape index (κ3) is 8.19. The van der Waals surface area contributed by atoms with Crippen molar-refractivity contribution in [3.63, 3.8) is 0 Å². The molecular weight excluding hydrogens is 500 g/mol. The van der Waals surface area contributed by atoms with Crippen LogP contribution < -0.4 is 14.2 Å². The molecule has 1 aliphatic heterocycles. The highest BCUT2D eigenvalue weighted by Gasteiger charge is 2.37. The SMILES string of the molecule is COCC(=O)N1CCN(Cc2ccc(OC)c(OCCn3cc(C)cn3)c2)C[C@@](O)(COc2ccccc2)C1. The molecule has 1 amide bonds. The van der Waals surface area contributed by atoms with E-state index in [2.05, 4.69) is 10.00 Å². The molecule has 3 aromatic rings. The van der Waals surface area contributed by atoms with E-state index < -0.39 is 5.60 Å². The zero-order chi connectivity index (χ0) is 27.7. The number of ether oxygens (including phenoxy) is 4. The Morgan fingerprint density at radius 3 is 2.59 bits per heavy atom. The third-order valence-corrected chi connectivity index (χ3v) is 6.53. The minimum Gasteiger partial charge on any atom is -0.493 e. The van der Waals surface area contributed by atoms with E-state index in [-0.39, 0.29) is 25.7 Å². The van der Waals surface area contributed by atoms with Gasteiger partial charge in [0.25, 0.3) is 0 Å². The second-order valence-electron chi connectivity index (χ2n) is 9.90. The minimum atomic E-state index is -1.27. The van der Waals surface area contributed by atoms with Gasteiger partial charge < -0.3 is 29.0 Å². The highest BCUT2D eigenvalue weighted by atomic mass is 16.5. The van der Waals surface area contributed by atoms with Crippen molar-refractivity contribution in [2.24, 2.45) is 0 Å². The Bertz CT molecular complexity index is 1200.